The molecule has 0 aliphatic heterocycles. The van der Waals surface area contributed by atoms with E-state index in [2.05, 4.69) is 21.5 Å². The molecular formula is C21H20N4O5. The largest absolute Gasteiger partial charge is 0.451 e. The smallest absolute Gasteiger partial charge is 0.305 e. The lowest BCUT2D eigenvalue weighted by atomic mass is 10.1. The van der Waals surface area contributed by atoms with Crippen molar-refractivity contribution < 1.29 is 23.6 Å². The highest BCUT2D eigenvalue weighted by Crippen LogP contribution is 2.24. The van der Waals surface area contributed by atoms with Crippen molar-refractivity contribution in [3.8, 4) is 0 Å². The molecule has 0 aliphatic carbocycles. The molecule has 0 saturated heterocycles. The Morgan fingerprint density at radius 1 is 0.800 bits per heavy atom. The van der Waals surface area contributed by atoms with Crippen molar-refractivity contribution in [2.45, 2.75) is 20.8 Å². The number of amides is 4. The predicted molar refractivity (Wildman–Crippen MR) is 111 cm³/mol. The number of carbonyl (C=O) groups is 4. The Bertz CT molecular complexity index is 1130. The minimum absolute atomic E-state index is 0.0856. The standard InChI is InChI=1S/C21H20N4O5/c1-11-17-6-4-5-7-18(17)30-19(11)21(29)25-24-20(28)14-8-15(22-12(2)26)10-16(9-14)23-13(3)27/h4-10H,1-3H3,(H,22,26)(H,23,27)(H,24,28)(H,25,29). The number of anilines is 2. The summed E-state index contributed by atoms with van der Waals surface area (Å²) < 4.78 is 5.57. The Morgan fingerprint density at radius 3 is 1.93 bits per heavy atom. The van der Waals surface area contributed by atoms with Gasteiger partial charge in [-0.2, -0.15) is 0 Å². The maximum absolute atomic E-state index is 12.5. The third-order valence-corrected chi connectivity index (χ3v) is 4.18. The number of benzene rings is 2. The van der Waals surface area contributed by atoms with Gasteiger partial charge in [-0.25, -0.2) is 0 Å². The zero-order chi connectivity index (χ0) is 21.8. The number of hydrogen-bond acceptors (Lipinski definition) is 5. The van der Waals surface area contributed by atoms with Crippen LogP contribution in [0.2, 0.25) is 0 Å². The van der Waals surface area contributed by atoms with Crippen LogP contribution in [0, 0.1) is 6.92 Å². The van der Waals surface area contributed by atoms with Crippen LogP contribution in [-0.2, 0) is 9.59 Å². The van der Waals surface area contributed by atoms with Gasteiger partial charge in [-0.1, -0.05) is 18.2 Å². The average molecular weight is 408 g/mol. The van der Waals surface area contributed by atoms with E-state index in [1.807, 2.05) is 12.1 Å². The molecule has 30 heavy (non-hydrogen) atoms. The fraction of sp³-hybridized carbons (Fsp3) is 0.143. The number of hydrazine groups is 1. The van der Waals surface area contributed by atoms with Crippen molar-refractivity contribution >= 4 is 46.0 Å². The van der Waals surface area contributed by atoms with Gasteiger partial charge in [0.25, 0.3) is 5.91 Å². The molecule has 0 fully saturated rings. The second kappa shape index (κ2) is 8.48. The van der Waals surface area contributed by atoms with Crippen LogP contribution in [0.5, 0.6) is 0 Å². The molecule has 4 amide bonds. The van der Waals surface area contributed by atoms with Crippen molar-refractivity contribution in [1.82, 2.24) is 10.9 Å². The molecule has 154 valence electrons. The number of hydrogen-bond donors (Lipinski definition) is 4. The first-order chi connectivity index (χ1) is 14.2. The Balaban J connectivity index is 1.77. The molecule has 3 aromatic rings. The van der Waals surface area contributed by atoms with Crippen molar-refractivity contribution in [2.24, 2.45) is 0 Å². The van der Waals surface area contributed by atoms with Gasteiger partial charge in [0, 0.05) is 41.7 Å². The first-order valence-corrected chi connectivity index (χ1v) is 9.03. The molecule has 0 saturated carbocycles. The lowest BCUT2D eigenvalue weighted by Crippen LogP contribution is -2.41. The highest BCUT2D eigenvalue weighted by molar-refractivity contribution is 6.03. The third kappa shape index (κ3) is 4.64. The highest BCUT2D eigenvalue weighted by atomic mass is 16.3. The quantitative estimate of drug-likeness (QED) is 0.493. The van der Waals surface area contributed by atoms with Gasteiger partial charge in [-0.05, 0) is 31.2 Å². The second-order valence-electron chi connectivity index (χ2n) is 6.62. The summed E-state index contributed by atoms with van der Waals surface area (Å²) in [4.78, 5) is 47.7. The van der Waals surface area contributed by atoms with Crippen molar-refractivity contribution in [3.63, 3.8) is 0 Å². The molecule has 0 bridgehead atoms. The van der Waals surface area contributed by atoms with Gasteiger partial charge in [0.1, 0.15) is 5.58 Å². The molecule has 0 unspecified atom stereocenters. The normalized spacial score (nSPS) is 10.4. The van der Waals surface area contributed by atoms with Gasteiger partial charge < -0.3 is 15.1 Å². The Labute approximate surface area is 171 Å². The SMILES string of the molecule is CC(=O)Nc1cc(NC(C)=O)cc(C(=O)NNC(=O)c2oc3ccccc3c2C)c1. The van der Waals surface area contributed by atoms with Crippen LogP contribution in [0.4, 0.5) is 11.4 Å². The lowest BCUT2D eigenvalue weighted by Gasteiger charge is -2.11. The Kier molecular flexibility index (Phi) is 5.82. The zero-order valence-corrected chi connectivity index (χ0v) is 16.6. The van der Waals surface area contributed by atoms with E-state index < -0.39 is 11.8 Å². The first kappa shape index (κ1) is 20.6. The molecular weight excluding hydrogens is 388 g/mol. The van der Waals surface area contributed by atoms with Gasteiger partial charge in [-0.15, -0.1) is 0 Å². The Hall–Kier alpha value is -4.14. The highest BCUT2D eigenvalue weighted by Gasteiger charge is 2.18. The molecule has 0 spiro atoms. The van der Waals surface area contributed by atoms with Crippen molar-refractivity contribution in [3.05, 3.63) is 59.4 Å². The number of nitrogens with one attached hydrogen (secondary N) is 4. The van der Waals surface area contributed by atoms with E-state index in [4.69, 9.17) is 4.42 Å². The maximum Gasteiger partial charge on any atom is 0.305 e. The number of aryl methyl sites for hydroxylation is 1. The molecule has 1 heterocycles. The number of rotatable bonds is 4. The summed E-state index contributed by atoms with van der Waals surface area (Å²) in [6, 6.07) is 11.6. The zero-order valence-electron chi connectivity index (χ0n) is 16.6. The summed E-state index contributed by atoms with van der Waals surface area (Å²) in [5.41, 5.74) is 6.59. The van der Waals surface area contributed by atoms with Gasteiger partial charge >= 0.3 is 5.91 Å². The van der Waals surface area contributed by atoms with E-state index in [1.165, 1.54) is 32.0 Å². The number of fused-ring (bicyclic) bond motifs is 1. The van der Waals surface area contributed by atoms with Crippen molar-refractivity contribution in [2.75, 3.05) is 10.6 Å². The van der Waals surface area contributed by atoms with E-state index in [-0.39, 0.29) is 23.1 Å². The van der Waals surface area contributed by atoms with Gasteiger partial charge in [0.15, 0.2) is 5.76 Å². The molecule has 1 aromatic heterocycles. The molecule has 0 radical (unpaired) electrons. The fourth-order valence-electron chi connectivity index (χ4n) is 2.94. The molecule has 0 aliphatic rings. The van der Waals surface area contributed by atoms with Crippen LogP contribution < -0.4 is 21.5 Å². The average Bonchev–Trinajstić information content (AvgIpc) is 3.01. The lowest BCUT2D eigenvalue weighted by molar-refractivity contribution is -0.115. The van der Waals surface area contributed by atoms with Crippen LogP contribution in [0.1, 0.15) is 40.3 Å². The summed E-state index contributed by atoms with van der Waals surface area (Å²) in [6.07, 6.45) is 0. The van der Waals surface area contributed by atoms with Gasteiger partial charge in [0.2, 0.25) is 11.8 Å². The van der Waals surface area contributed by atoms with E-state index in [1.54, 1.807) is 19.1 Å². The fourth-order valence-corrected chi connectivity index (χ4v) is 2.94. The molecule has 2 aromatic carbocycles. The topological polar surface area (TPSA) is 130 Å². The maximum atomic E-state index is 12.5. The first-order valence-electron chi connectivity index (χ1n) is 9.03. The minimum Gasteiger partial charge on any atom is -0.451 e. The number of furan rings is 1. The summed E-state index contributed by atoms with van der Waals surface area (Å²) >= 11 is 0. The van der Waals surface area contributed by atoms with Crippen LogP contribution >= 0.6 is 0 Å². The molecule has 9 heteroatoms. The summed E-state index contributed by atoms with van der Waals surface area (Å²) in [5, 5.41) is 5.91. The van der Waals surface area contributed by atoms with E-state index >= 15 is 0 Å². The molecule has 3 rings (SSSR count). The Morgan fingerprint density at radius 2 is 1.37 bits per heavy atom. The monoisotopic (exact) mass is 408 g/mol. The van der Waals surface area contributed by atoms with E-state index in [0.717, 1.165) is 5.39 Å². The minimum atomic E-state index is -0.643. The van der Waals surface area contributed by atoms with Crippen molar-refractivity contribution in [1.29, 1.82) is 0 Å². The van der Waals surface area contributed by atoms with Crippen LogP contribution in [0.3, 0.4) is 0 Å². The van der Waals surface area contributed by atoms with E-state index in [0.29, 0.717) is 22.5 Å². The third-order valence-electron chi connectivity index (χ3n) is 4.18. The number of carbonyl (C=O) groups excluding carboxylic acids is 4. The second-order valence-corrected chi connectivity index (χ2v) is 6.62. The molecule has 4 N–H and O–H groups in total. The summed E-state index contributed by atoms with van der Waals surface area (Å²) in [5.74, 6) is -1.85. The molecule has 0 atom stereocenters. The van der Waals surface area contributed by atoms with Crippen LogP contribution in [-0.4, -0.2) is 23.6 Å². The predicted octanol–water partition coefficient (Wildman–Crippen LogP) is 2.73. The van der Waals surface area contributed by atoms with Crippen LogP contribution in [0.15, 0.2) is 46.9 Å². The summed E-state index contributed by atoms with van der Waals surface area (Å²) in [6.45, 7) is 4.39. The molecule has 9 nitrogen and oxygen atoms in total. The summed E-state index contributed by atoms with van der Waals surface area (Å²) in [7, 11) is 0. The van der Waals surface area contributed by atoms with Gasteiger partial charge in [-0.3, -0.25) is 30.0 Å². The van der Waals surface area contributed by atoms with Crippen LogP contribution in [0.25, 0.3) is 11.0 Å². The van der Waals surface area contributed by atoms with Gasteiger partial charge in [0.05, 0.1) is 0 Å². The van der Waals surface area contributed by atoms with E-state index in [9.17, 15) is 19.2 Å². The number of para-hydroxylation sites is 1.